The van der Waals surface area contributed by atoms with Crippen LogP contribution in [0.3, 0.4) is 0 Å². The molecule has 1 unspecified atom stereocenters. The van der Waals surface area contributed by atoms with Crippen LogP contribution in [0.5, 0.6) is 0 Å². The molecule has 1 atom stereocenters. The number of nitrogens with zero attached hydrogens (tertiary/aromatic N) is 3. The van der Waals surface area contributed by atoms with Gasteiger partial charge in [0, 0.05) is 24.4 Å². The standard InChI is InChI=1S/C15H22N4S/c1-2-5-13-15-18-17-14(19(15)10-9-16-13)8-3-6-12-7-4-11-20-12/h4,7,11,13,16H,2-3,5-6,8-10H2,1H3. The maximum absolute atomic E-state index is 4.43. The molecule has 1 N–H and O–H groups in total. The second-order valence-electron chi connectivity index (χ2n) is 5.35. The van der Waals surface area contributed by atoms with Gasteiger partial charge in [0.2, 0.25) is 0 Å². The van der Waals surface area contributed by atoms with Crippen LogP contribution in [-0.4, -0.2) is 21.3 Å². The molecule has 0 spiro atoms. The van der Waals surface area contributed by atoms with Gasteiger partial charge in [-0.2, -0.15) is 0 Å². The number of aromatic nitrogens is 3. The Hall–Kier alpha value is -1.20. The van der Waals surface area contributed by atoms with E-state index in [-0.39, 0.29) is 0 Å². The summed E-state index contributed by atoms with van der Waals surface area (Å²) in [6, 6.07) is 4.73. The lowest BCUT2D eigenvalue weighted by molar-refractivity contribution is 0.387. The smallest absolute Gasteiger partial charge is 0.150 e. The predicted molar refractivity (Wildman–Crippen MR) is 82.0 cm³/mol. The van der Waals surface area contributed by atoms with Crippen LogP contribution in [0, 0.1) is 0 Å². The minimum absolute atomic E-state index is 0.396. The van der Waals surface area contributed by atoms with Gasteiger partial charge in [-0.15, -0.1) is 21.5 Å². The maximum atomic E-state index is 4.43. The van der Waals surface area contributed by atoms with Crippen molar-refractivity contribution in [3.05, 3.63) is 34.0 Å². The third-order valence-electron chi connectivity index (χ3n) is 3.87. The summed E-state index contributed by atoms with van der Waals surface area (Å²) in [7, 11) is 0. The lowest BCUT2D eigenvalue weighted by Gasteiger charge is -2.24. The molecule has 1 aliphatic heterocycles. The largest absolute Gasteiger partial charge is 0.312 e. The summed E-state index contributed by atoms with van der Waals surface area (Å²) in [6.07, 6.45) is 5.66. The van der Waals surface area contributed by atoms with Crippen LogP contribution in [0.4, 0.5) is 0 Å². The van der Waals surface area contributed by atoms with Crippen LogP contribution in [0.15, 0.2) is 17.5 Å². The Morgan fingerprint density at radius 1 is 1.40 bits per heavy atom. The molecule has 0 saturated heterocycles. The van der Waals surface area contributed by atoms with Crippen molar-refractivity contribution in [1.29, 1.82) is 0 Å². The number of nitrogens with one attached hydrogen (secondary N) is 1. The van der Waals surface area contributed by atoms with Crippen molar-refractivity contribution in [3.63, 3.8) is 0 Å². The van der Waals surface area contributed by atoms with Crippen LogP contribution in [0.1, 0.15) is 48.8 Å². The SMILES string of the molecule is CCCC1NCCn2c(CCCc3cccs3)nnc21. The number of hydrogen-bond acceptors (Lipinski definition) is 4. The van der Waals surface area contributed by atoms with Crippen molar-refractivity contribution in [2.75, 3.05) is 6.54 Å². The van der Waals surface area contributed by atoms with Gasteiger partial charge < -0.3 is 9.88 Å². The first-order chi connectivity index (χ1) is 9.88. The minimum atomic E-state index is 0.396. The van der Waals surface area contributed by atoms with Gasteiger partial charge in [-0.05, 0) is 30.7 Å². The number of fused-ring (bicyclic) bond motifs is 1. The van der Waals surface area contributed by atoms with Crippen LogP contribution >= 0.6 is 11.3 Å². The van der Waals surface area contributed by atoms with Gasteiger partial charge in [-0.1, -0.05) is 19.4 Å². The highest BCUT2D eigenvalue weighted by atomic mass is 32.1. The molecule has 20 heavy (non-hydrogen) atoms. The zero-order chi connectivity index (χ0) is 13.8. The predicted octanol–water partition coefficient (Wildman–Crippen LogP) is 2.96. The number of hydrogen-bond donors (Lipinski definition) is 1. The van der Waals surface area contributed by atoms with Crippen molar-refractivity contribution in [3.8, 4) is 0 Å². The van der Waals surface area contributed by atoms with Gasteiger partial charge in [0.05, 0.1) is 6.04 Å². The summed E-state index contributed by atoms with van der Waals surface area (Å²) in [5.41, 5.74) is 0. The highest BCUT2D eigenvalue weighted by Gasteiger charge is 2.23. The second-order valence-corrected chi connectivity index (χ2v) is 6.39. The van der Waals surface area contributed by atoms with Gasteiger partial charge in [-0.3, -0.25) is 0 Å². The Bertz CT molecular complexity index is 532. The van der Waals surface area contributed by atoms with Crippen LogP contribution < -0.4 is 5.32 Å². The molecule has 3 rings (SSSR count). The molecule has 0 aromatic carbocycles. The maximum Gasteiger partial charge on any atom is 0.150 e. The molecule has 0 radical (unpaired) electrons. The molecule has 0 fully saturated rings. The van der Waals surface area contributed by atoms with Crippen LogP contribution in [-0.2, 0) is 19.4 Å². The third-order valence-corrected chi connectivity index (χ3v) is 4.81. The fraction of sp³-hybridized carbons (Fsp3) is 0.600. The highest BCUT2D eigenvalue weighted by molar-refractivity contribution is 7.09. The third kappa shape index (κ3) is 2.94. The first kappa shape index (κ1) is 13.8. The Balaban J connectivity index is 1.63. The first-order valence-corrected chi connectivity index (χ1v) is 8.44. The topological polar surface area (TPSA) is 42.7 Å². The molecular formula is C15H22N4S. The average molecular weight is 290 g/mol. The highest BCUT2D eigenvalue weighted by Crippen LogP contribution is 2.21. The Kier molecular flexibility index (Phi) is 4.47. The average Bonchev–Trinajstić information content (AvgIpc) is 3.10. The van der Waals surface area contributed by atoms with E-state index in [4.69, 9.17) is 0 Å². The quantitative estimate of drug-likeness (QED) is 0.889. The van der Waals surface area contributed by atoms with Gasteiger partial charge in [0.1, 0.15) is 11.6 Å². The van der Waals surface area contributed by atoms with E-state index in [1.165, 1.54) is 17.1 Å². The number of aryl methyl sites for hydroxylation is 2. The van der Waals surface area contributed by atoms with Crippen LogP contribution in [0.2, 0.25) is 0 Å². The van der Waals surface area contributed by atoms with Gasteiger partial charge in [0.15, 0.2) is 0 Å². The van der Waals surface area contributed by atoms with Gasteiger partial charge in [-0.25, -0.2) is 0 Å². The lowest BCUT2D eigenvalue weighted by Crippen LogP contribution is -2.34. The van der Waals surface area contributed by atoms with E-state index >= 15 is 0 Å². The molecule has 2 aromatic heterocycles. The van der Waals surface area contributed by atoms with E-state index < -0.39 is 0 Å². The van der Waals surface area contributed by atoms with Crippen molar-refractivity contribution >= 4 is 11.3 Å². The Labute approximate surface area is 124 Å². The van der Waals surface area contributed by atoms with Crippen molar-refractivity contribution in [1.82, 2.24) is 20.1 Å². The first-order valence-electron chi connectivity index (χ1n) is 7.56. The zero-order valence-corrected chi connectivity index (χ0v) is 12.8. The van der Waals surface area contributed by atoms with E-state index in [1.54, 1.807) is 0 Å². The normalized spacial score (nSPS) is 18.1. The summed E-state index contributed by atoms with van der Waals surface area (Å²) in [5.74, 6) is 2.31. The van der Waals surface area contributed by atoms with E-state index in [1.807, 2.05) is 11.3 Å². The molecule has 2 aromatic rings. The molecule has 0 amide bonds. The second kappa shape index (κ2) is 6.50. The summed E-state index contributed by atoms with van der Waals surface area (Å²) in [5, 5.41) is 14.5. The summed E-state index contributed by atoms with van der Waals surface area (Å²) >= 11 is 1.84. The lowest BCUT2D eigenvalue weighted by atomic mass is 10.1. The van der Waals surface area contributed by atoms with Gasteiger partial charge in [0.25, 0.3) is 0 Å². The molecule has 3 heterocycles. The van der Waals surface area contributed by atoms with Crippen molar-refractivity contribution in [2.24, 2.45) is 0 Å². The van der Waals surface area contributed by atoms with E-state index in [0.717, 1.165) is 44.6 Å². The molecule has 4 nitrogen and oxygen atoms in total. The van der Waals surface area contributed by atoms with E-state index in [2.05, 4.69) is 44.5 Å². The molecule has 108 valence electrons. The fourth-order valence-corrected chi connectivity index (χ4v) is 3.62. The fourth-order valence-electron chi connectivity index (χ4n) is 2.87. The molecule has 0 aliphatic carbocycles. The zero-order valence-electron chi connectivity index (χ0n) is 12.0. The molecule has 5 heteroatoms. The van der Waals surface area contributed by atoms with Crippen molar-refractivity contribution in [2.45, 2.75) is 51.6 Å². The minimum Gasteiger partial charge on any atom is -0.312 e. The Morgan fingerprint density at radius 2 is 2.35 bits per heavy atom. The molecule has 0 saturated carbocycles. The van der Waals surface area contributed by atoms with Crippen LogP contribution in [0.25, 0.3) is 0 Å². The Morgan fingerprint density at radius 3 is 3.15 bits per heavy atom. The summed E-state index contributed by atoms with van der Waals surface area (Å²) in [6.45, 7) is 4.27. The molecule has 1 aliphatic rings. The van der Waals surface area contributed by atoms with E-state index in [9.17, 15) is 0 Å². The summed E-state index contributed by atoms with van der Waals surface area (Å²) < 4.78 is 2.34. The monoisotopic (exact) mass is 290 g/mol. The molecular weight excluding hydrogens is 268 g/mol. The number of thiophene rings is 1. The van der Waals surface area contributed by atoms with E-state index in [0.29, 0.717) is 6.04 Å². The summed E-state index contributed by atoms with van der Waals surface area (Å²) in [4.78, 5) is 1.47. The van der Waals surface area contributed by atoms with Crippen molar-refractivity contribution < 1.29 is 0 Å². The number of rotatable bonds is 6. The molecule has 0 bridgehead atoms. The van der Waals surface area contributed by atoms with Gasteiger partial charge >= 0.3 is 0 Å².